The Labute approximate surface area is 64.3 Å². The Kier molecular flexibility index (Phi) is 2.02. The summed E-state index contributed by atoms with van der Waals surface area (Å²) in [6.45, 7) is 1.99. The first kappa shape index (κ1) is 7.36. The molecule has 2 unspecified atom stereocenters. The van der Waals surface area contributed by atoms with E-state index >= 15 is 0 Å². The van der Waals surface area contributed by atoms with E-state index in [2.05, 4.69) is 0 Å². The van der Waals surface area contributed by atoms with Gasteiger partial charge in [-0.25, -0.2) is 0 Å². The van der Waals surface area contributed by atoms with Crippen LogP contribution in [0.15, 0.2) is 0 Å². The van der Waals surface area contributed by atoms with E-state index in [9.17, 15) is 4.79 Å². The zero-order valence-corrected chi connectivity index (χ0v) is 6.62. The van der Waals surface area contributed by atoms with Gasteiger partial charge in [-0.3, -0.25) is 4.79 Å². The van der Waals surface area contributed by atoms with Gasteiger partial charge in [-0.05, 0) is 6.42 Å². The van der Waals surface area contributed by atoms with Crippen LogP contribution in [0.5, 0.6) is 0 Å². The van der Waals surface area contributed by atoms with Crippen LogP contribution in [0, 0.1) is 5.92 Å². The lowest BCUT2D eigenvalue weighted by atomic mass is 9.81. The molecule has 0 aromatic rings. The number of hydrogen-bond donors (Lipinski definition) is 0. The fourth-order valence-electron chi connectivity index (χ4n) is 1.02. The largest absolute Gasteiger partial charge is 0.296 e. The number of carbonyl (C=O) groups excluding carboxylic acids is 1. The summed E-state index contributed by atoms with van der Waals surface area (Å²) in [4.78, 5) is 10.7. The fourth-order valence-corrected chi connectivity index (χ4v) is 2.08. The van der Waals surface area contributed by atoms with Crippen LogP contribution in [0.2, 0.25) is 0 Å². The van der Waals surface area contributed by atoms with Crippen LogP contribution in [-0.2, 0) is 4.79 Å². The van der Waals surface area contributed by atoms with Gasteiger partial charge in [-0.15, -0.1) is 23.2 Å². The van der Waals surface area contributed by atoms with Crippen molar-refractivity contribution in [2.75, 3.05) is 0 Å². The number of Topliss-reactive ketones (excluding diaryl/α,β-unsaturated/α-hetero) is 1. The highest BCUT2D eigenvalue weighted by molar-refractivity contribution is 6.44. The molecular formula is C6H8Cl2O. The Hall–Kier alpha value is 0.250. The number of halogens is 2. The standard InChI is InChI=1S/C6H8Cl2O/c1-2-3-4(7)6(9)5(3)8/h3-5H,2H2,1H3. The zero-order valence-electron chi connectivity index (χ0n) is 5.10. The Morgan fingerprint density at radius 2 is 1.89 bits per heavy atom. The first-order valence-electron chi connectivity index (χ1n) is 3.00. The molecule has 1 saturated carbocycles. The molecule has 1 aliphatic carbocycles. The van der Waals surface area contributed by atoms with Gasteiger partial charge in [0.25, 0.3) is 0 Å². The maximum absolute atomic E-state index is 10.7. The van der Waals surface area contributed by atoms with Gasteiger partial charge in [0.1, 0.15) is 0 Å². The van der Waals surface area contributed by atoms with Crippen molar-refractivity contribution in [1.82, 2.24) is 0 Å². The average molecular weight is 167 g/mol. The summed E-state index contributed by atoms with van der Waals surface area (Å²) in [6.07, 6.45) is 0.897. The van der Waals surface area contributed by atoms with Crippen molar-refractivity contribution >= 4 is 29.0 Å². The van der Waals surface area contributed by atoms with Crippen LogP contribution in [0.1, 0.15) is 13.3 Å². The van der Waals surface area contributed by atoms with Gasteiger partial charge in [-0.1, -0.05) is 6.92 Å². The number of carbonyl (C=O) groups is 1. The molecule has 9 heavy (non-hydrogen) atoms. The van der Waals surface area contributed by atoms with Gasteiger partial charge in [0.05, 0.1) is 10.8 Å². The average Bonchev–Trinajstić information content (AvgIpc) is 1.89. The van der Waals surface area contributed by atoms with Gasteiger partial charge in [0, 0.05) is 5.92 Å². The van der Waals surface area contributed by atoms with Crippen LogP contribution in [0.4, 0.5) is 0 Å². The van der Waals surface area contributed by atoms with E-state index < -0.39 is 0 Å². The molecule has 0 spiro atoms. The molecule has 0 saturated heterocycles. The fraction of sp³-hybridized carbons (Fsp3) is 0.833. The van der Waals surface area contributed by atoms with Crippen molar-refractivity contribution in [2.24, 2.45) is 5.92 Å². The molecule has 1 nitrogen and oxygen atoms in total. The summed E-state index contributed by atoms with van der Waals surface area (Å²) in [6, 6.07) is 0. The van der Waals surface area contributed by atoms with Gasteiger partial charge in [-0.2, -0.15) is 0 Å². The third-order valence-electron chi connectivity index (χ3n) is 1.77. The Morgan fingerprint density at radius 1 is 1.44 bits per heavy atom. The molecule has 0 bridgehead atoms. The second kappa shape index (κ2) is 2.47. The van der Waals surface area contributed by atoms with Crippen molar-refractivity contribution in [2.45, 2.75) is 24.1 Å². The van der Waals surface area contributed by atoms with Gasteiger partial charge >= 0.3 is 0 Å². The summed E-state index contributed by atoms with van der Waals surface area (Å²) in [5.41, 5.74) is 0. The predicted molar refractivity (Wildman–Crippen MR) is 38.1 cm³/mol. The van der Waals surface area contributed by atoms with Crippen molar-refractivity contribution in [1.29, 1.82) is 0 Å². The van der Waals surface area contributed by atoms with E-state index in [-0.39, 0.29) is 22.5 Å². The molecule has 1 aliphatic rings. The number of alkyl halides is 2. The molecule has 0 aromatic carbocycles. The van der Waals surface area contributed by atoms with E-state index in [1.807, 2.05) is 6.92 Å². The molecule has 0 radical (unpaired) electrons. The summed E-state index contributed by atoms with van der Waals surface area (Å²) < 4.78 is 0. The predicted octanol–water partition coefficient (Wildman–Crippen LogP) is 1.81. The van der Waals surface area contributed by atoms with Crippen LogP contribution in [0.25, 0.3) is 0 Å². The second-order valence-corrected chi connectivity index (χ2v) is 3.22. The minimum atomic E-state index is -0.308. The van der Waals surface area contributed by atoms with Gasteiger partial charge < -0.3 is 0 Å². The van der Waals surface area contributed by atoms with E-state index in [4.69, 9.17) is 23.2 Å². The monoisotopic (exact) mass is 166 g/mol. The van der Waals surface area contributed by atoms with E-state index in [1.54, 1.807) is 0 Å². The third-order valence-corrected chi connectivity index (χ3v) is 2.84. The SMILES string of the molecule is CCC1C(Cl)C(=O)C1Cl. The maximum atomic E-state index is 10.7. The van der Waals surface area contributed by atoms with Gasteiger partial charge in [0.2, 0.25) is 0 Å². The van der Waals surface area contributed by atoms with E-state index in [1.165, 1.54) is 0 Å². The number of rotatable bonds is 1. The molecule has 0 heterocycles. The first-order valence-corrected chi connectivity index (χ1v) is 3.87. The van der Waals surface area contributed by atoms with Crippen LogP contribution in [0.3, 0.4) is 0 Å². The summed E-state index contributed by atoms with van der Waals surface area (Å²) in [5.74, 6) is 0.200. The lowest BCUT2D eigenvalue weighted by molar-refractivity contribution is -0.125. The van der Waals surface area contributed by atoms with Crippen LogP contribution in [-0.4, -0.2) is 16.5 Å². The Balaban J connectivity index is 2.51. The summed E-state index contributed by atoms with van der Waals surface area (Å²) >= 11 is 11.3. The van der Waals surface area contributed by atoms with Crippen molar-refractivity contribution in [3.05, 3.63) is 0 Å². The second-order valence-electron chi connectivity index (χ2n) is 2.28. The topological polar surface area (TPSA) is 17.1 Å². The Bertz CT molecular complexity index is 123. The first-order chi connectivity index (χ1) is 4.18. The minimum Gasteiger partial charge on any atom is -0.296 e. The molecule has 0 N–H and O–H groups in total. The highest BCUT2D eigenvalue weighted by Gasteiger charge is 2.46. The lowest BCUT2D eigenvalue weighted by Gasteiger charge is -2.34. The smallest absolute Gasteiger partial charge is 0.169 e. The molecule has 52 valence electrons. The molecule has 2 atom stereocenters. The summed E-state index contributed by atoms with van der Waals surface area (Å²) in [5, 5.41) is -0.616. The molecule has 1 rings (SSSR count). The van der Waals surface area contributed by atoms with E-state index in [0.717, 1.165) is 6.42 Å². The molecule has 3 heteroatoms. The minimum absolute atomic E-state index is 0.00909. The third kappa shape index (κ3) is 0.968. The maximum Gasteiger partial charge on any atom is 0.169 e. The highest BCUT2D eigenvalue weighted by atomic mass is 35.5. The number of hydrogen-bond acceptors (Lipinski definition) is 1. The quantitative estimate of drug-likeness (QED) is 0.544. The Morgan fingerprint density at radius 3 is 2.11 bits per heavy atom. The van der Waals surface area contributed by atoms with Crippen molar-refractivity contribution < 1.29 is 4.79 Å². The molecule has 0 aliphatic heterocycles. The van der Waals surface area contributed by atoms with E-state index in [0.29, 0.717) is 0 Å². The van der Waals surface area contributed by atoms with Gasteiger partial charge in [0.15, 0.2) is 5.78 Å². The van der Waals surface area contributed by atoms with Crippen molar-refractivity contribution in [3.63, 3.8) is 0 Å². The lowest BCUT2D eigenvalue weighted by Crippen LogP contribution is -2.49. The molecule has 0 aromatic heterocycles. The van der Waals surface area contributed by atoms with Crippen molar-refractivity contribution in [3.8, 4) is 0 Å². The highest BCUT2D eigenvalue weighted by Crippen LogP contribution is 2.35. The summed E-state index contributed by atoms with van der Waals surface area (Å²) in [7, 11) is 0. The van der Waals surface area contributed by atoms with Crippen LogP contribution >= 0.6 is 23.2 Å². The normalized spacial score (nSPS) is 42.6. The molecule has 1 fully saturated rings. The van der Waals surface area contributed by atoms with Crippen LogP contribution < -0.4 is 0 Å². The number of ketones is 1. The zero-order chi connectivity index (χ0) is 7.02. The molecule has 0 amide bonds. The molecular weight excluding hydrogens is 159 g/mol.